The molecule has 1 unspecified atom stereocenters. The molecule has 1 aliphatic rings. The maximum atomic E-state index is 2.39. The molecule has 4 aromatic carbocycles. The third-order valence-electron chi connectivity index (χ3n) is 5.81. The first-order valence-electron chi connectivity index (χ1n) is 9.34. The molecule has 0 amide bonds. The summed E-state index contributed by atoms with van der Waals surface area (Å²) in [7, 11) is 0. The monoisotopic (exact) mass is 322 g/mol. The van der Waals surface area contributed by atoms with Crippen molar-refractivity contribution in [2.45, 2.75) is 25.7 Å². The minimum absolute atomic E-state index is 0.771. The van der Waals surface area contributed by atoms with Gasteiger partial charge in [-0.05, 0) is 69.8 Å². The number of hydrogen-bond acceptors (Lipinski definition) is 0. The van der Waals surface area contributed by atoms with E-state index in [2.05, 4.69) is 78.9 Å². The Kier molecular flexibility index (Phi) is 3.56. The SMILES string of the molecule is c1ccc(CC2CCc3c(ccc4c3ccc3ccccc34)C2)cc1. The summed E-state index contributed by atoms with van der Waals surface area (Å²) >= 11 is 0. The first-order valence-corrected chi connectivity index (χ1v) is 9.34. The van der Waals surface area contributed by atoms with E-state index in [-0.39, 0.29) is 0 Å². The van der Waals surface area contributed by atoms with Crippen LogP contribution in [-0.4, -0.2) is 0 Å². The minimum Gasteiger partial charge on any atom is -0.0622 e. The molecule has 122 valence electrons. The van der Waals surface area contributed by atoms with E-state index in [4.69, 9.17) is 0 Å². The molecule has 0 bridgehead atoms. The van der Waals surface area contributed by atoms with Crippen molar-refractivity contribution in [3.8, 4) is 0 Å². The van der Waals surface area contributed by atoms with Crippen molar-refractivity contribution in [3.05, 3.63) is 95.6 Å². The van der Waals surface area contributed by atoms with Gasteiger partial charge >= 0.3 is 0 Å². The lowest BCUT2D eigenvalue weighted by molar-refractivity contribution is 0.458. The van der Waals surface area contributed by atoms with Crippen molar-refractivity contribution in [2.24, 2.45) is 5.92 Å². The van der Waals surface area contributed by atoms with Crippen molar-refractivity contribution in [2.75, 3.05) is 0 Å². The van der Waals surface area contributed by atoms with Gasteiger partial charge in [-0.25, -0.2) is 0 Å². The summed E-state index contributed by atoms with van der Waals surface area (Å²) < 4.78 is 0. The van der Waals surface area contributed by atoms with Crippen molar-refractivity contribution in [1.29, 1.82) is 0 Å². The van der Waals surface area contributed by atoms with Crippen LogP contribution in [0.25, 0.3) is 21.5 Å². The summed E-state index contributed by atoms with van der Waals surface area (Å²) in [6.45, 7) is 0. The van der Waals surface area contributed by atoms with Gasteiger partial charge in [0.05, 0.1) is 0 Å². The van der Waals surface area contributed by atoms with Crippen LogP contribution in [0.4, 0.5) is 0 Å². The molecule has 0 aliphatic heterocycles. The highest BCUT2D eigenvalue weighted by molar-refractivity contribution is 6.08. The van der Waals surface area contributed by atoms with Crippen LogP contribution in [0.1, 0.15) is 23.1 Å². The maximum absolute atomic E-state index is 2.39. The summed E-state index contributed by atoms with van der Waals surface area (Å²) in [5, 5.41) is 5.61. The second-order valence-electron chi connectivity index (χ2n) is 7.38. The van der Waals surface area contributed by atoms with E-state index >= 15 is 0 Å². The molecule has 1 atom stereocenters. The van der Waals surface area contributed by atoms with Crippen molar-refractivity contribution >= 4 is 21.5 Å². The Bertz CT molecular complexity index is 1040. The number of aryl methyl sites for hydroxylation is 1. The average molecular weight is 322 g/mol. The van der Waals surface area contributed by atoms with E-state index in [1.165, 1.54) is 52.8 Å². The Morgan fingerprint density at radius 2 is 1.48 bits per heavy atom. The highest BCUT2D eigenvalue weighted by atomic mass is 14.3. The molecule has 5 rings (SSSR count). The summed E-state index contributed by atoms with van der Waals surface area (Å²) in [4.78, 5) is 0. The number of fused-ring (bicyclic) bond motifs is 5. The first-order chi connectivity index (χ1) is 12.4. The molecule has 1 aliphatic carbocycles. The van der Waals surface area contributed by atoms with Crippen molar-refractivity contribution in [1.82, 2.24) is 0 Å². The van der Waals surface area contributed by atoms with Gasteiger partial charge in [-0.2, -0.15) is 0 Å². The van der Waals surface area contributed by atoms with Gasteiger partial charge in [0, 0.05) is 0 Å². The van der Waals surface area contributed by atoms with Gasteiger partial charge in [-0.3, -0.25) is 0 Å². The zero-order valence-electron chi connectivity index (χ0n) is 14.4. The number of rotatable bonds is 2. The summed E-state index contributed by atoms with van der Waals surface area (Å²) in [6.07, 6.45) is 4.93. The Balaban J connectivity index is 1.53. The van der Waals surface area contributed by atoms with Crippen LogP contribution in [0.15, 0.2) is 78.9 Å². The van der Waals surface area contributed by atoms with Gasteiger partial charge in [-0.15, -0.1) is 0 Å². The standard InChI is InChI=1S/C25H22/c1-2-6-18(7-3-1)16-19-10-13-23-21(17-19)12-15-24-22-9-5-4-8-20(22)11-14-25(23)24/h1-9,11-12,14-15,19H,10,13,16-17H2. The average Bonchev–Trinajstić information content (AvgIpc) is 2.68. The fraction of sp³-hybridized carbons (Fsp3) is 0.200. The van der Waals surface area contributed by atoms with Gasteiger partial charge in [0.2, 0.25) is 0 Å². The predicted molar refractivity (Wildman–Crippen MR) is 107 cm³/mol. The van der Waals surface area contributed by atoms with E-state index in [0.29, 0.717) is 0 Å². The van der Waals surface area contributed by atoms with Crippen LogP contribution < -0.4 is 0 Å². The molecule has 0 aromatic heterocycles. The van der Waals surface area contributed by atoms with Crippen molar-refractivity contribution < 1.29 is 0 Å². The lowest BCUT2D eigenvalue weighted by atomic mass is 9.79. The predicted octanol–water partition coefficient (Wildman–Crippen LogP) is 6.34. The third kappa shape index (κ3) is 2.62. The summed E-state index contributed by atoms with van der Waals surface area (Å²) in [6, 6.07) is 29.1. The van der Waals surface area contributed by atoms with Crippen LogP contribution in [0, 0.1) is 5.92 Å². The van der Waals surface area contributed by atoms with Crippen LogP contribution in [0.2, 0.25) is 0 Å². The smallest absolute Gasteiger partial charge is 0.0102 e. The third-order valence-corrected chi connectivity index (χ3v) is 5.81. The molecule has 0 heteroatoms. The van der Waals surface area contributed by atoms with E-state index in [9.17, 15) is 0 Å². The molecule has 25 heavy (non-hydrogen) atoms. The highest BCUT2D eigenvalue weighted by Crippen LogP contribution is 2.35. The zero-order valence-corrected chi connectivity index (χ0v) is 14.4. The fourth-order valence-electron chi connectivity index (χ4n) is 4.57. The number of hydrogen-bond donors (Lipinski definition) is 0. The molecule has 0 radical (unpaired) electrons. The molecular formula is C25H22. The van der Waals surface area contributed by atoms with Gasteiger partial charge in [0.25, 0.3) is 0 Å². The van der Waals surface area contributed by atoms with Gasteiger partial charge in [-0.1, -0.05) is 78.9 Å². The lowest BCUT2D eigenvalue weighted by Gasteiger charge is -2.26. The van der Waals surface area contributed by atoms with Crippen LogP contribution >= 0.6 is 0 Å². The molecule has 0 fully saturated rings. The van der Waals surface area contributed by atoms with Crippen LogP contribution in [-0.2, 0) is 19.3 Å². The minimum atomic E-state index is 0.771. The zero-order chi connectivity index (χ0) is 16.6. The van der Waals surface area contributed by atoms with Crippen LogP contribution in [0.3, 0.4) is 0 Å². The highest BCUT2D eigenvalue weighted by Gasteiger charge is 2.21. The Morgan fingerprint density at radius 3 is 2.40 bits per heavy atom. The lowest BCUT2D eigenvalue weighted by Crippen LogP contribution is -2.16. The summed E-state index contributed by atoms with van der Waals surface area (Å²) in [5.74, 6) is 0.771. The molecule has 0 heterocycles. The molecule has 0 nitrogen and oxygen atoms in total. The quantitative estimate of drug-likeness (QED) is 0.378. The Hall–Kier alpha value is -2.60. The summed E-state index contributed by atoms with van der Waals surface area (Å²) in [5.41, 5.74) is 4.63. The van der Waals surface area contributed by atoms with Crippen molar-refractivity contribution in [3.63, 3.8) is 0 Å². The van der Waals surface area contributed by atoms with E-state index in [1.807, 2.05) is 0 Å². The molecular weight excluding hydrogens is 300 g/mol. The van der Waals surface area contributed by atoms with Gasteiger partial charge in [0.15, 0.2) is 0 Å². The van der Waals surface area contributed by atoms with E-state index in [0.717, 1.165) is 5.92 Å². The largest absolute Gasteiger partial charge is 0.0622 e. The molecule has 0 saturated heterocycles. The second-order valence-corrected chi connectivity index (χ2v) is 7.38. The van der Waals surface area contributed by atoms with Gasteiger partial charge in [0.1, 0.15) is 0 Å². The fourth-order valence-corrected chi connectivity index (χ4v) is 4.57. The van der Waals surface area contributed by atoms with Crippen LogP contribution in [0.5, 0.6) is 0 Å². The van der Waals surface area contributed by atoms with E-state index < -0.39 is 0 Å². The maximum Gasteiger partial charge on any atom is -0.0102 e. The molecule has 0 N–H and O–H groups in total. The molecule has 0 spiro atoms. The Morgan fingerprint density at radius 1 is 0.680 bits per heavy atom. The normalized spacial score (nSPS) is 16.9. The molecule has 4 aromatic rings. The Labute approximate surface area is 149 Å². The van der Waals surface area contributed by atoms with Gasteiger partial charge < -0.3 is 0 Å². The topological polar surface area (TPSA) is 0 Å². The second kappa shape index (κ2) is 6.04. The van der Waals surface area contributed by atoms with E-state index in [1.54, 1.807) is 11.1 Å². The first kappa shape index (κ1) is 14.7. The molecule has 0 saturated carbocycles. The number of benzene rings is 4.